The Kier molecular flexibility index (Phi) is 5.96. The van der Waals surface area contributed by atoms with E-state index in [1.54, 1.807) is 0 Å². The molecule has 0 saturated heterocycles. The number of rotatable bonds is 7. The Balaban J connectivity index is 2.88. The Hall–Kier alpha value is -2.11. The van der Waals surface area contributed by atoms with E-state index in [1.165, 1.54) is 19.2 Å². The molecular formula is C14H18FNO4. The highest BCUT2D eigenvalue weighted by atomic mass is 19.1. The van der Waals surface area contributed by atoms with Gasteiger partial charge in [0, 0.05) is 0 Å². The zero-order valence-corrected chi connectivity index (χ0v) is 11.5. The average molecular weight is 283 g/mol. The van der Waals surface area contributed by atoms with Crippen molar-refractivity contribution in [2.45, 2.75) is 32.2 Å². The van der Waals surface area contributed by atoms with Crippen LogP contribution >= 0.6 is 0 Å². The minimum absolute atomic E-state index is 0.0183. The van der Waals surface area contributed by atoms with Gasteiger partial charge in [0.25, 0.3) is 5.91 Å². The molecule has 0 radical (unpaired) electrons. The quantitative estimate of drug-likeness (QED) is 0.804. The maximum Gasteiger partial charge on any atom is 0.326 e. The first-order chi connectivity index (χ1) is 9.49. The number of carboxylic acid groups (broad SMARTS) is 1. The molecule has 6 heteroatoms. The molecule has 1 amide bonds. The fourth-order valence-corrected chi connectivity index (χ4v) is 1.76. The molecule has 0 saturated carbocycles. The lowest BCUT2D eigenvalue weighted by molar-refractivity contribution is -0.139. The minimum Gasteiger partial charge on any atom is -0.496 e. The number of carbonyl (C=O) groups is 2. The van der Waals surface area contributed by atoms with Crippen molar-refractivity contribution in [3.63, 3.8) is 0 Å². The van der Waals surface area contributed by atoms with Crippen LogP contribution in [0, 0.1) is 5.82 Å². The van der Waals surface area contributed by atoms with Gasteiger partial charge >= 0.3 is 5.97 Å². The monoisotopic (exact) mass is 283 g/mol. The third-order valence-corrected chi connectivity index (χ3v) is 2.86. The van der Waals surface area contributed by atoms with Crippen LogP contribution in [0.15, 0.2) is 18.2 Å². The van der Waals surface area contributed by atoms with Gasteiger partial charge in [-0.2, -0.15) is 0 Å². The molecule has 5 nitrogen and oxygen atoms in total. The van der Waals surface area contributed by atoms with Crippen molar-refractivity contribution < 1.29 is 23.8 Å². The molecule has 0 aliphatic rings. The molecule has 0 heterocycles. The molecule has 0 bridgehead atoms. The van der Waals surface area contributed by atoms with Gasteiger partial charge < -0.3 is 15.2 Å². The Morgan fingerprint density at radius 2 is 2.15 bits per heavy atom. The summed E-state index contributed by atoms with van der Waals surface area (Å²) >= 11 is 0. The largest absolute Gasteiger partial charge is 0.496 e. The molecule has 1 atom stereocenters. The molecule has 2 N–H and O–H groups in total. The molecule has 1 aromatic rings. The third-order valence-electron chi connectivity index (χ3n) is 2.86. The maximum absolute atomic E-state index is 13.2. The summed E-state index contributed by atoms with van der Waals surface area (Å²) < 4.78 is 18.2. The Labute approximate surface area is 116 Å². The van der Waals surface area contributed by atoms with Crippen molar-refractivity contribution in [2.24, 2.45) is 0 Å². The fraction of sp³-hybridized carbons (Fsp3) is 0.429. The first-order valence-corrected chi connectivity index (χ1v) is 6.36. The van der Waals surface area contributed by atoms with E-state index >= 15 is 0 Å². The fourth-order valence-electron chi connectivity index (χ4n) is 1.76. The second kappa shape index (κ2) is 7.47. The van der Waals surface area contributed by atoms with Crippen LogP contribution in [0.2, 0.25) is 0 Å². The number of methoxy groups -OCH3 is 1. The molecule has 20 heavy (non-hydrogen) atoms. The molecule has 0 aliphatic heterocycles. The van der Waals surface area contributed by atoms with Gasteiger partial charge in [-0.05, 0) is 24.6 Å². The van der Waals surface area contributed by atoms with Gasteiger partial charge in [0.2, 0.25) is 0 Å². The predicted octanol–water partition coefficient (Wildman–Crippen LogP) is 2.21. The average Bonchev–Trinajstić information content (AvgIpc) is 2.42. The van der Waals surface area contributed by atoms with E-state index in [2.05, 4.69) is 5.32 Å². The van der Waals surface area contributed by atoms with E-state index in [-0.39, 0.29) is 11.3 Å². The van der Waals surface area contributed by atoms with Crippen LogP contribution in [0.5, 0.6) is 5.75 Å². The van der Waals surface area contributed by atoms with E-state index in [4.69, 9.17) is 9.84 Å². The lowest BCUT2D eigenvalue weighted by Gasteiger charge is -2.15. The van der Waals surface area contributed by atoms with Crippen LogP contribution in [0.4, 0.5) is 4.39 Å². The molecule has 0 unspecified atom stereocenters. The highest BCUT2D eigenvalue weighted by Gasteiger charge is 2.22. The Bertz CT molecular complexity index is 490. The molecule has 1 aromatic carbocycles. The third kappa shape index (κ3) is 4.22. The van der Waals surface area contributed by atoms with Gasteiger partial charge in [0.15, 0.2) is 0 Å². The van der Waals surface area contributed by atoms with Crippen molar-refractivity contribution in [1.29, 1.82) is 0 Å². The number of carbonyl (C=O) groups excluding carboxylic acids is 1. The summed E-state index contributed by atoms with van der Waals surface area (Å²) in [5, 5.41) is 11.4. The second-order valence-corrected chi connectivity index (χ2v) is 4.35. The number of nitrogens with one attached hydrogen (secondary N) is 1. The van der Waals surface area contributed by atoms with Crippen molar-refractivity contribution in [1.82, 2.24) is 5.32 Å². The molecule has 0 aromatic heterocycles. The van der Waals surface area contributed by atoms with Crippen molar-refractivity contribution in [2.75, 3.05) is 7.11 Å². The number of carboxylic acids is 1. The molecule has 110 valence electrons. The van der Waals surface area contributed by atoms with Gasteiger partial charge in [-0.15, -0.1) is 0 Å². The molecule has 0 spiro atoms. The standard InChI is InChI=1S/C14H18FNO4/c1-3-4-5-11(14(18)19)16-13(17)10-8-9(15)6-7-12(10)20-2/h6-8,11H,3-5H2,1-2H3,(H,16,17)(H,18,19)/t11-/m0/s1. The number of ether oxygens (including phenoxy) is 1. The molecule has 0 aliphatic carbocycles. The zero-order chi connectivity index (χ0) is 15.1. The second-order valence-electron chi connectivity index (χ2n) is 4.35. The maximum atomic E-state index is 13.2. The smallest absolute Gasteiger partial charge is 0.326 e. The summed E-state index contributed by atoms with van der Waals surface area (Å²) in [7, 11) is 1.36. The van der Waals surface area contributed by atoms with Crippen molar-refractivity contribution in [3.8, 4) is 5.75 Å². The Morgan fingerprint density at radius 1 is 1.45 bits per heavy atom. The van der Waals surface area contributed by atoms with Crippen LogP contribution in [0.1, 0.15) is 36.5 Å². The number of halogens is 1. The number of benzene rings is 1. The first-order valence-electron chi connectivity index (χ1n) is 6.36. The number of hydrogen-bond acceptors (Lipinski definition) is 3. The normalized spacial score (nSPS) is 11.8. The molecule has 0 fully saturated rings. The number of amides is 1. The lowest BCUT2D eigenvalue weighted by Crippen LogP contribution is -2.40. The van der Waals surface area contributed by atoms with Crippen molar-refractivity contribution in [3.05, 3.63) is 29.6 Å². The van der Waals surface area contributed by atoms with Crippen LogP contribution in [0.3, 0.4) is 0 Å². The lowest BCUT2D eigenvalue weighted by atomic mass is 10.1. The van der Waals surface area contributed by atoms with Gasteiger partial charge in [-0.3, -0.25) is 4.79 Å². The van der Waals surface area contributed by atoms with Crippen LogP contribution in [-0.2, 0) is 4.79 Å². The van der Waals surface area contributed by atoms with E-state index in [9.17, 15) is 14.0 Å². The summed E-state index contributed by atoms with van der Waals surface area (Å²) in [4.78, 5) is 23.1. The summed E-state index contributed by atoms with van der Waals surface area (Å²) in [6.07, 6.45) is 1.83. The first kappa shape index (κ1) is 15.9. The molecular weight excluding hydrogens is 265 g/mol. The van der Waals surface area contributed by atoms with Gasteiger partial charge in [0.05, 0.1) is 12.7 Å². The van der Waals surface area contributed by atoms with Gasteiger partial charge in [0.1, 0.15) is 17.6 Å². The highest BCUT2D eigenvalue weighted by Crippen LogP contribution is 2.19. The summed E-state index contributed by atoms with van der Waals surface area (Å²) in [5.41, 5.74) is -0.0183. The van der Waals surface area contributed by atoms with Gasteiger partial charge in [-0.25, -0.2) is 9.18 Å². The van der Waals surface area contributed by atoms with E-state index in [1.807, 2.05) is 6.92 Å². The van der Waals surface area contributed by atoms with Crippen LogP contribution < -0.4 is 10.1 Å². The van der Waals surface area contributed by atoms with Crippen molar-refractivity contribution >= 4 is 11.9 Å². The van der Waals surface area contributed by atoms with Crippen LogP contribution in [-0.4, -0.2) is 30.1 Å². The summed E-state index contributed by atoms with van der Waals surface area (Å²) in [6, 6.07) is 2.52. The number of hydrogen-bond donors (Lipinski definition) is 2. The molecule has 1 rings (SSSR count). The summed E-state index contributed by atoms with van der Waals surface area (Å²) in [5.74, 6) is -2.16. The minimum atomic E-state index is -1.11. The van der Waals surface area contributed by atoms with E-state index < -0.39 is 23.7 Å². The summed E-state index contributed by atoms with van der Waals surface area (Å²) in [6.45, 7) is 1.93. The SMILES string of the molecule is CCCC[C@H](NC(=O)c1cc(F)ccc1OC)C(=O)O. The zero-order valence-electron chi connectivity index (χ0n) is 11.5. The topological polar surface area (TPSA) is 75.6 Å². The highest BCUT2D eigenvalue weighted by molar-refractivity contribution is 5.98. The van der Waals surface area contributed by atoms with E-state index in [0.717, 1.165) is 12.5 Å². The number of unbranched alkanes of at least 4 members (excludes halogenated alkanes) is 1. The van der Waals surface area contributed by atoms with E-state index in [0.29, 0.717) is 12.8 Å². The Morgan fingerprint density at radius 3 is 2.70 bits per heavy atom. The van der Waals surface area contributed by atoms with Crippen LogP contribution in [0.25, 0.3) is 0 Å². The van der Waals surface area contributed by atoms with Gasteiger partial charge in [-0.1, -0.05) is 19.8 Å². The number of aliphatic carboxylic acids is 1. The predicted molar refractivity (Wildman–Crippen MR) is 71.4 cm³/mol.